The highest BCUT2D eigenvalue weighted by molar-refractivity contribution is 14.0. The first-order valence-electron chi connectivity index (χ1n) is 15.9. The Bertz CT molecular complexity index is 644. The second-order valence-electron chi connectivity index (χ2n) is 10.7. The summed E-state index contributed by atoms with van der Waals surface area (Å²) in [7, 11) is 1.25. The van der Waals surface area contributed by atoms with Gasteiger partial charge in [0, 0.05) is 25.9 Å². The van der Waals surface area contributed by atoms with E-state index in [1.165, 1.54) is 97.0 Å². The van der Waals surface area contributed by atoms with Gasteiger partial charge in [0.2, 0.25) is 0 Å². The number of thioether (sulfide) groups is 1. The van der Waals surface area contributed by atoms with Gasteiger partial charge in [-0.3, -0.25) is 0 Å². The van der Waals surface area contributed by atoms with Gasteiger partial charge in [0.25, 0.3) is 0 Å². The van der Waals surface area contributed by atoms with Crippen LogP contribution in [-0.2, 0) is 18.9 Å². The third kappa shape index (κ3) is 26.5. The molecule has 1 rings (SSSR count). The number of methoxy groups -OCH3 is 1. The predicted molar refractivity (Wildman–Crippen MR) is 180 cm³/mol. The van der Waals surface area contributed by atoms with Crippen LogP contribution in [0.2, 0.25) is 0 Å². The van der Waals surface area contributed by atoms with Crippen LogP contribution < -0.4 is 5.32 Å². The van der Waals surface area contributed by atoms with Gasteiger partial charge in [0.15, 0.2) is 6.10 Å². The Balaban J connectivity index is 0.0000160. The number of amides is 1. The molecule has 8 nitrogen and oxygen atoms in total. The number of halogens is 1. The summed E-state index contributed by atoms with van der Waals surface area (Å²) >= 11 is 1.79. The van der Waals surface area contributed by atoms with Gasteiger partial charge in [-0.25, -0.2) is 9.59 Å². The molecule has 1 amide bonds. The van der Waals surface area contributed by atoms with Crippen LogP contribution >= 0.6 is 35.7 Å². The molecule has 0 saturated heterocycles. The largest absolute Gasteiger partial charge is 0.508 e. The number of rotatable bonds is 27. The molecule has 1 aliphatic heterocycles. The number of nitrogens with one attached hydrogen (secondary N) is 1. The fourth-order valence-electron chi connectivity index (χ4n) is 4.57. The van der Waals surface area contributed by atoms with E-state index in [4.69, 9.17) is 14.2 Å². The standard InChI is InChI=1S/C31H58N2O6S.HI/c1-3-4-5-6-7-8-9-10-11-12-13-14-15-16-17-18-21-32-30(34)38-27-29(39-31(35)36-2)26-37-24-20-19-22-33-23-25-40-28-33;/h23,25,29H,3-22,24,26-28H2,1-2H3,(H,32,34);1H/t29-;/m1./s1. The minimum Gasteiger partial charge on any atom is -0.446 e. The third-order valence-electron chi connectivity index (χ3n) is 7.03. The molecule has 10 heteroatoms. The maximum absolute atomic E-state index is 12.0. The molecule has 0 radical (unpaired) electrons. The summed E-state index contributed by atoms with van der Waals surface area (Å²) in [6.45, 7) is 4.49. The molecule has 0 spiro atoms. The van der Waals surface area contributed by atoms with Crippen LogP contribution in [0.3, 0.4) is 0 Å². The van der Waals surface area contributed by atoms with Crippen molar-refractivity contribution in [1.29, 1.82) is 0 Å². The van der Waals surface area contributed by atoms with Gasteiger partial charge in [0.1, 0.15) is 6.61 Å². The molecular formula is C31H59IN2O6S. The Hall–Kier alpha value is -0.880. The minimum atomic E-state index is -0.816. The van der Waals surface area contributed by atoms with Crippen molar-refractivity contribution in [2.45, 2.75) is 129 Å². The van der Waals surface area contributed by atoms with Crippen LogP contribution in [-0.4, -0.2) is 69.1 Å². The Morgan fingerprint density at radius 3 is 1.95 bits per heavy atom. The molecule has 0 fully saturated rings. The van der Waals surface area contributed by atoms with Crippen LogP contribution in [0.25, 0.3) is 0 Å². The molecule has 0 aromatic heterocycles. The monoisotopic (exact) mass is 714 g/mol. The smallest absolute Gasteiger partial charge is 0.446 e. The second kappa shape index (κ2) is 30.6. The quantitative estimate of drug-likeness (QED) is 0.0513. The van der Waals surface area contributed by atoms with E-state index in [1.807, 2.05) is 0 Å². The molecule has 1 aliphatic rings. The zero-order valence-electron chi connectivity index (χ0n) is 25.9. The van der Waals surface area contributed by atoms with Crippen molar-refractivity contribution < 1.29 is 28.5 Å². The molecule has 0 bridgehead atoms. The number of carbonyl (C=O) groups is 2. The summed E-state index contributed by atoms with van der Waals surface area (Å²) in [4.78, 5) is 25.8. The molecule has 1 heterocycles. The van der Waals surface area contributed by atoms with Gasteiger partial charge in [0.05, 0.1) is 19.6 Å². The van der Waals surface area contributed by atoms with Gasteiger partial charge < -0.3 is 29.2 Å². The zero-order chi connectivity index (χ0) is 28.9. The maximum Gasteiger partial charge on any atom is 0.508 e. The van der Waals surface area contributed by atoms with Crippen LogP contribution in [0.4, 0.5) is 9.59 Å². The van der Waals surface area contributed by atoms with E-state index in [1.54, 1.807) is 11.8 Å². The maximum atomic E-state index is 12.0. The lowest BCUT2D eigenvalue weighted by atomic mass is 10.0. The van der Waals surface area contributed by atoms with Crippen molar-refractivity contribution in [3.63, 3.8) is 0 Å². The third-order valence-corrected chi connectivity index (χ3v) is 7.82. The fourth-order valence-corrected chi connectivity index (χ4v) is 5.32. The molecule has 0 unspecified atom stereocenters. The van der Waals surface area contributed by atoms with Gasteiger partial charge in [-0.2, -0.15) is 0 Å². The van der Waals surface area contributed by atoms with Gasteiger partial charge >= 0.3 is 12.2 Å². The van der Waals surface area contributed by atoms with Crippen molar-refractivity contribution in [2.24, 2.45) is 0 Å². The molecular weight excluding hydrogens is 655 g/mol. The highest BCUT2D eigenvalue weighted by Crippen LogP contribution is 2.15. The second-order valence-corrected chi connectivity index (χ2v) is 11.6. The number of hydrogen-bond donors (Lipinski definition) is 1. The van der Waals surface area contributed by atoms with E-state index >= 15 is 0 Å². The van der Waals surface area contributed by atoms with Crippen LogP contribution in [0.5, 0.6) is 0 Å². The Labute approximate surface area is 271 Å². The number of nitrogens with zero attached hydrogens (tertiary/aromatic N) is 1. The Kier molecular flexibility index (Phi) is 29.9. The van der Waals surface area contributed by atoms with Gasteiger partial charge in [-0.15, -0.1) is 35.7 Å². The fraction of sp³-hybridized carbons (Fsp3) is 0.871. The first-order valence-corrected chi connectivity index (χ1v) is 17.0. The Morgan fingerprint density at radius 1 is 0.829 bits per heavy atom. The number of ether oxygens (including phenoxy) is 4. The topological polar surface area (TPSA) is 86.3 Å². The van der Waals surface area contributed by atoms with Crippen molar-refractivity contribution in [3.8, 4) is 0 Å². The molecule has 0 saturated carbocycles. The SMILES string of the molecule is CCCCCCCCCCCCCCCCCCNC(=O)OC[C@@H](COCCCCN1C=CSC1)OC(=O)OC.I. The highest BCUT2D eigenvalue weighted by atomic mass is 127. The molecule has 0 aromatic carbocycles. The van der Waals surface area contributed by atoms with Crippen molar-refractivity contribution in [2.75, 3.05) is 45.9 Å². The zero-order valence-corrected chi connectivity index (χ0v) is 29.1. The van der Waals surface area contributed by atoms with E-state index < -0.39 is 18.4 Å². The van der Waals surface area contributed by atoms with E-state index in [-0.39, 0.29) is 37.2 Å². The first-order chi connectivity index (χ1) is 19.7. The van der Waals surface area contributed by atoms with E-state index in [9.17, 15) is 9.59 Å². The van der Waals surface area contributed by atoms with Gasteiger partial charge in [-0.05, 0) is 24.7 Å². The number of unbranched alkanes of at least 4 members (excludes halogenated alkanes) is 16. The summed E-state index contributed by atoms with van der Waals surface area (Å²) in [6.07, 6.45) is 23.1. The summed E-state index contributed by atoms with van der Waals surface area (Å²) in [6, 6.07) is 0. The van der Waals surface area contributed by atoms with Crippen LogP contribution in [0.1, 0.15) is 122 Å². The lowest BCUT2D eigenvalue weighted by molar-refractivity contribution is -0.0342. The summed E-state index contributed by atoms with van der Waals surface area (Å²) in [5.41, 5.74) is 0. The first kappa shape index (κ1) is 40.1. The minimum absolute atomic E-state index is 0. The number of carbonyl (C=O) groups excluding carboxylic acids is 2. The number of alkyl carbamates (subject to hydrolysis) is 1. The van der Waals surface area contributed by atoms with E-state index in [0.717, 1.165) is 38.1 Å². The molecule has 242 valence electrons. The summed E-state index contributed by atoms with van der Waals surface area (Å²) < 4.78 is 20.6. The molecule has 41 heavy (non-hydrogen) atoms. The molecule has 0 aliphatic carbocycles. The van der Waals surface area contributed by atoms with Crippen molar-refractivity contribution >= 4 is 48.0 Å². The van der Waals surface area contributed by atoms with E-state index in [0.29, 0.717) is 13.2 Å². The normalized spacial score (nSPS) is 13.1. The van der Waals surface area contributed by atoms with Crippen LogP contribution in [0, 0.1) is 0 Å². The molecule has 1 N–H and O–H groups in total. The van der Waals surface area contributed by atoms with Crippen LogP contribution in [0.15, 0.2) is 11.6 Å². The molecule has 1 atom stereocenters. The molecule has 0 aromatic rings. The summed E-state index contributed by atoms with van der Waals surface area (Å²) in [5.74, 6) is 1.01. The van der Waals surface area contributed by atoms with E-state index in [2.05, 4.69) is 33.5 Å². The van der Waals surface area contributed by atoms with Crippen molar-refractivity contribution in [3.05, 3.63) is 11.6 Å². The Morgan fingerprint density at radius 2 is 1.41 bits per heavy atom. The summed E-state index contributed by atoms with van der Waals surface area (Å²) in [5, 5.41) is 4.88. The number of hydrogen-bond acceptors (Lipinski definition) is 8. The lowest BCUT2D eigenvalue weighted by Gasteiger charge is -2.18. The predicted octanol–water partition coefficient (Wildman–Crippen LogP) is 9.02. The average Bonchev–Trinajstić information content (AvgIpc) is 3.48. The lowest BCUT2D eigenvalue weighted by Crippen LogP contribution is -2.33. The van der Waals surface area contributed by atoms with Crippen molar-refractivity contribution in [1.82, 2.24) is 10.2 Å². The highest BCUT2D eigenvalue weighted by Gasteiger charge is 2.18. The average molecular weight is 715 g/mol. The van der Waals surface area contributed by atoms with Gasteiger partial charge in [-0.1, -0.05) is 103 Å².